The van der Waals surface area contributed by atoms with Crippen molar-refractivity contribution in [2.75, 3.05) is 24.5 Å². The van der Waals surface area contributed by atoms with Crippen LogP contribution >= 0.6 is 11.3 Å². The molecular formula is C12H17N5S. The summed E-state index contributed by atoms with van der Waals surface area (Å²) in [5, 5.41) is 11.4. The van der Waals surface area contributed by atoms with Gasteiger partial charge in [-0.2, -0.15) is 16.3 Å². The Morgan fingerprint density at radius 2 is 2.28 bits per heavy atom. The van der Waals surface area contributed by atoms with E-state index >= 15 is 0 Å². The number of nitrogens with zero attached hydrogens (tertiary/aromatic N) is 3. The smallest absolute Gasteiger partial charge is 0.245 e. The molecule has 1 aliphatic heterocycles. The molecule has 0 atom stereocenters. The zero-order valence-electron chi connectivity index (χ0n) is 10.2. The molecule has 0 aliphatic carbocycles. The molecule has 0 amide bonds. The highest BCUT2D eigenvalue weighted by molar-refractivity contribution is 7.08. The van der Waals surface area contributed by atoms with Gasteiger partial charge in [-0.15, -0.1) is 5.10 Å². The predicted molar refractivity (Wildman–Crippen MR) is 73.7 cm³/mol. The third-order valence-electron chi connectivity index (χ3n) is 3.50. The molecule has 5 nitrogen and oxygen atoms in total. The molecule has 2 aromatic rings. The number of H-pyrrole nitrogens is 1. The number of thiophene rings is 1. The molecule has 18 heavy (non-hydrogen) atoms. The van der Waals surface area contributed by atoms with Gasteiger partial charge in [0.05, 0.1) is 0 Å². The summed E-state index contributed by atoms with van der Waals surface area (Å²) in [6.07, 6.45) is 2.28. The number of piperidine rings is 1. The summed E-state index contributed by atoms with van der Waals surface area (Å²) in [5.41, 5.74) is 6.81. The number of anilines is 1. The summed E-state index contributed by atoms with van der Waals surface area (Å²) < 4.78 is 0. The van der Waals surface area contributed by atoms with Crippen molar-refractivity contribution < 1.29 is 0 Å². The molecule has 1 aliphatic rings. The van der Waals surface area contributed by atoms with Gasteiger partial charge in [0.25, 0.3) is 0 Å². The van der Waals surface area contributed by atoms with Crippen LogP contribution in [0.25, 0.3) is 11.4 Å². The molecule has 2 aromatic heterocycles. The Hall–Kier alpha value is -1.40. The molecule has 0 radical (unpaired) electrons. The van der Waals surface area contributed by atoms with Crippen LogP contribution < -0.4 is 10.6 Å². The molecule has 96 valence electrons. The van der Waals surface area contributed by atoms with Crippen LogP contribution in [0.15, 0.2) is 16.8 Å². The van der Waals surface area contributed by atoms with Gasteiger partial charge in [-0.25, -0.2) is 0 Å². The van der Waals surface area contributed by atoms with E-state index < -0.39 is 0 Å². The van der Waals surface area contributed by atoms with Gasteiger partial charge in [-0.3, -0.25) is 5.10 Å². The third kappa shape index (κ3) is 2.26. The Labute approximate surface area is 110 Å². The normalized spacial score (nSPS) is 17.3. The lowest BCUT2D eigenvalue weighted by Gasteiger charge is -2.30. The first-order valence-corrected chi connectivity index (χ1v) is 7.21. The molecule has 0 unspecified atom stereocenters. The van der Waals surface area contributed by atoms with Crippen molar-refractivity contribution in [1.82, 2.24) is 15.2 Å². The lowest BCUT2D eigenvalue weighted by molar-refractivity contribution is 0.411. The number of hydrogen-bond acceptors (Lipinski definition) is 5. The van der Waals surface area contributed by atoms with Gasteiger partial charge in [0, 0.05) is 24.0 Å². The molecule has 0 saturated carbocycles. The number of aromatic amines is 1. The average Bonchev–Trinajstić information content (AvgIpc) is 3.09. The maximum atomic E-state index is 5.70. The van der Waals surface area contributed by atoms with Crippen molar-refractivity contribution in [1.29, 1.82) is 0 Å². The highest BCUT2D eigenvalue weighted by Crippen LogP contribution is 2.23. The molecule has 3 N–H and O–H groups in total. The SMILES string of the molecule is NCC1CCN(c2n[nH]c(-c3ccsc3)n2)CC1. The van der Waals surface area contributed by atoms with Crippen LogP contribution in [0.2, 0.25) is 0 Å². The Morgan fingerprint density at radius 1 is 1.44 bits per heavy atom. The van der Waals surface area contributed by atoms with Gasteiger partial charge >= 0.3 is 0 Å². The Balaban J connectivity index is 1.71. The Bertz CT molecular complexity index is 484. The third-order valence-corrected chi connectivity index (χ3v) is 4.18. The van der Waals surface area contributed by atoms with Crippen molar-refractivity contribution in [2.24, 2.45) is 11.7 Å². The molecule has 6 heteroatoms. The zero-order chi connectivity index (χ0) is 12.4. The second kappa shape index (κ2) is 5.07. The first-order chi connectivity index (χ1) is 8.86. The van der Waals surface area contributed by atoms with Crippen LogP contribution in [0.1, 0.15) is 12.8 Å². The molecule has 1 fully saturated rings. The van der Waals surface area contributed by atoms with E-state index in [1.165, 1.54) is 0 Å². The monoisotopic (exact) mass is 263 g/mol. The van der Waals surface area contributed by atoms with E-state index in [1.807, 2.05) is 5.38 Å². The summed E-state index contributed by atoms with van der Waals surface area (Å²) in [6, 6.07) is 2.05. The summed E-state index contributed by atoms with van der Waals surface area (Å²) >= 11 is 1.67. The minimum atomic E-state index is 0.663. The number of nitrogens with two attached hydrogens (primary N) is 1. The van der Waals surface area contributed by atoms with Crippen molar-refractivity contribution in [3.8, 4) is 11.4 Å². The van der Waals surface area contributed by atoms with Gasteiger partial charge < -0.3 is 10.6 Å². The van der Waals surface area contributed by atoms with Crippen molar-refractivity contribution >= 4 is 17.3 Å². The molecular weight excluding hydrogens is 246 g/mol. The van der Waals surface area contributed by atoms with Gasteiger partial charge in [-0.05, 0) is 36.8 Å². The van der Waals surface area contributed by atoms with Gasteiger partial charge in [0.15, 0.2) is 5.82 Å². The maximum absolute atomic E-state index is 5.70. The average molecular weight is 263 g/mol. The highest BCUT2D eigenvalue weighted by atomic mass is 32.1. The van der Waals surface area contributed by atoms with Crippen molar-refractivity contribution in [3.63, 3.8) is 0 Å². The van der Waals surface area contributed by atoms with Crippen LogP contribution in [0, 0.1) is 5.92 Å². The van der Waals surface area contributed by atoms with Crippen LogP contribution in [0.5, 0.6) is 0 Å². The van der Waals surface area contributed by atoms with E-state index in [2.05, 4.69) is 31.5 Å². The maximum Gasteiger partial charge on any atom is 0.245 e. The number of aromatic nitrogens is 3. The molecule has 0 spiro atoms. The van der Waals surface area contributed by atoms with E-state index in [0.717, 1.165) is 49.8 Å². The van der Waals surface area contributed by atoms with Crippen LogP contribution in [-0.4, -0.2) is 34.8 Å². The van der Waals surface area contributed by atoms with E-state index in [1.54, 1.807) is 11.3 Å². The van der Waals surface area contributed by atoms with Crippen molar-refractivity contribution in [3.05, 3.63) is 16.8 Å². The van der Waals surface area contributed by atoms with E-state index in [9.17, 15) is 0 Å². The minimum absolute atomic E-state index is 0.663. The Morgan fingerprint density at radius 3 is 2.94 bits per heavy atom. The van der Waals surface area contributed by atoms with Crippen LogP contribution in [-0.2, 0) is 0 Å². The van der Waals surface area contributed by atoms with E-state index in [-0.39, 0.29) is 0 Å². The van der Waals surface area contributed by atoms with Gasteiger partial charge in [0.1, 0.15) is 0 Å². The van der Waals surface area contributed by atoms with Gasteiger partial charge in [-0.1, -0.05) is 0 Å². The molecule has 0 bridgehead atoms. The highest BCUT2D eigenvalue weighted by Gasteiger charge is 2.21. The van der Waals surface area contributed by atoms with Crippen LogP contribution in [0.4, 0.5) is 5.95 Å². The molecule has 3 rings (SSSR count). The van der Waals surface area contributed by atoms with E-state index in [0.29, 0.717) is 5.92 Å². The first kappa shape index (κ1) is 11.7. The summed E-state index contributed by atoms with van der Waals surface area (Å²) in [6.45, 7) is 2.80. The fourth-order valence-corrected chi connectivity index (χ4v) is 2.93. The second-order valence-corrected chi connectivity index (χ2v) is 5.44. The lowest BCUT2D eigenvalue weighted by atomic mass is 9.97. The minimum Gasteiger partial charge on any atom is -0.340 e. The van der Waals surface area contributed by atoms with Gasteiger partial charge in [0.2, 0.25) is 5.95 Å². The topological polar surface area (TPSA) is 70.8 Å². The van der Waals surface area contributed by atoms with E-state index in [4.69, 9.17) is 5.73 Å². The fraction of sp³-hybridized carbons (Fsp3) is 0.500. The molecule has 3 heterocycles. The number of hydrogen-bond donors (Lipinski definition) is 2. The summed E-state index contributed by atoms with van der Waals surface area (Å²) in [7, 11) is 0. The lowest BCUT2D eigenvalue weighted by Crippen LogP contribution is -2.36. The second-order valence-electron chi connectivity index (χ2n) is 4.66. The molecule has 1 saturated heterocycles. The Kier molecular flexibility index (Phi) is 3.29. The summed E-state index contributed by atoms with van der Waals surface area (Å²) in [4.78, 5) is 6.80. The summed E-state index contributed by atoms with van der Waals surface area (Å²) in [5.74, 6) is 2.33. The standard InChI is InChI=1S/C12H17N5S/c13-7-9-1-4-17(5-2-9)12-14-11(15-16-12)10-3-6-18-8-10/h3,6,8-9H,1-2,4-5,7,13H2,(H,14,15,16). The van der Waals surface area contributed by atoms with Crippen LogP contribution in [0.3, 0.4) is 0 Å². The predicted octanol–water partition coefficient (Wildman–Crippen LogP) is 1.71. The molecule has 0 aromatic carbocycles. The first-order valence-electron chi connectivity index (χ1n) is 6.27. The number of nitrogens with one attached hydrogen (secondary N) is 1. The largest absolute Gasteiger partial charge is 0.340 e. The quantitative estimate of drug-likeness (QED) is 0.884. The fourth-order valence-electron chi connectivity index (χ4n) is 2.29. The zero-order valence-corrected chi connectivity index (χ0v) is 11.0. The van der Waals surface area contributed by atoms with Crippen molar-refractivity contribution in [2.45, 2.75) is 12.8 Å². The number of rotatable bonds is 3.